The monoisotopic (exact) mass is 399 g/mol. The quantitative estimate of drug-likeness (QED) is 0.389. The Bertz CT molecular complexity index is 1300. The maximum Gasteiger partial charge on any atom is 0.257 e. The third kappa shape index (κ3) is 2.55. The average molecular weight is 399 g/mol. The second kappa shape index (κ2) is 6.59. The zero-order valence-electron chi connectivity index (χ0n) is 16.2. The van der Waals surface area contributed by atoms with Crippen molar-refractivity contribution in [3.63, 3.8) is 0 Å². The van der Waals surface area contributed by atoms with Crippen LogP contribution in [-0.2, 0) is 19.9 Å². The van der Waals surface area contributed by atoms with Gasteiger partial charge in [-0.2, -0.15) is 0 Å². The number of rotatable bonds is 3. The Morgan fingerprint density at radius 2 is 1.63 bits per heavy atom. The van der Waals surface area contributed by atoms with E-state index in [9.17, 15) is 19.7 Å². The number of carbonyl (C=O) groups excluding carboxylic acids is 2. The molecule has 0 fully saturated rings. The predicted octanol–water partition coefficient (Wildman–Crippen LogP) is 3.37. The summed E-state index contributed by atoms with van der Waals surface area (Å²) in [5, 5.41) is 11.9. The molecule has 0 N–H and O–H groups in total. The standard InChI is InChI=1S/C23H17N3O4/c1-25-19(12-18(26(29)30)15-11-10-13-6-2-3-7-14(13)15)24-20-21(25)23(28)17-9-5-4-8-16(17)22(20)27/h2-9H,10-12H2,1H3/b18-15-. The normalized spacial score (nSPS) is 16.2. The number of aromatic nitrogens is 2. The predicted molar refractivity (Wildman–Crippen MR) is 109 cm³/mol. The van der Waals surface area contributed by atoms with E-state index in [-0.39, 0.29) is 40.0 Å². The van der Waals surface area contributed by atoms with Gasteiger partial charge < -0.3 is 4.57 Å². The fourth-order valence-electron chi connectivity index (χ4n) is 4.41. The molecule has 0 spiro atoms. The van der Waals surface area contributed by atoms with Crippen LogP contribution in [0.15, 0.2) is 54.2 Å². The number of hydrogen-bond acceptors (Lipinski definition) is 5. The topological polar surface area (TPSA) is 95.1 Å². The number of allylic oxidation sites excluding steroid dienone is 2. The van der Waals surface area contributed by atoms with Crippen molar-refractivity contribution in [1.82, 2.24) is 9.55 Å². The molecule has 148 valence electrons. The van der Waals surface area contributed by atoms with Crippen molar-refractivity contribution in [3.8, 4) is 0 Å². The van der Waals surface area contributed by atoms with Gasteiger partial charge in [-0.25, -0.2) is 4.98 Å². The lowest BCUT2D eigenvalue weighted by Crippen LogP contribution is -2.22. The second-order valence-corrected chi connectivity index (χ2v) is 7.50. The lowest BCUT2D eigenvalue weighted by Gasteiger charge is -2.14. The van der Waals surface area contributed by atoms with Gasteiger partial charge in [0.05, 0.1) is 11.3 Å². The number of hydrogen-bond donors (Lipinski definition) is 0. The van der Waals surface area contributed by atoms with Crippen LogP contribution in [0.25, 0.3) is 5.57 Å². The molecule has 2 aromatic carbocycles. The number of nitro groups is 1. The van der Waals surface area contributed by atoms with Crippen LogP contribution in [0.3, 0.4) is 0 Å². The van der Waals surface area contributed by atoms with Gasteiger partial charge in [0.15, 0.2) is 0 Å². The van der Waals surface area contributed by atoms with Gasteiger partial charge in [0.25, 0.3) is 5.70 Å². The van der Waals surface area contributed by atoms with Crippen molar-refractivity contribution >= 4 is 17.1 Å². The Hall–Kier alpha value is -3.87. The van der Waals surface area contributed by atoms with Gasteiger partial charge in [-0.3, -0.25) is 19.7 Å². The highest BCUT2D eigenvalue weighted by Crippen LogP contribution is 2.36. The molecular weight excluding hydrogens is 382 g/mol. The van der Waals surface area contributed by atoms with Gasteiger partial charge in [0.1, 0.15) is 17.2 Å². The van der Waals surface area contributed by atoms with E-state index in [4.69, 9.17) is 0 Å². The fourth-order valence-corrected chi connectivity index (χ4v) is 4.41. The molecule has 7 nitrogen and oxygen atoms in total. The number of imidazole rings is 1. The highest BCUT2D eigenvalue weighted by molar-refractivity contribution is 6.27. The van der Waals surface area contributed by atoms with E-state index in [0.717, 1.165) is 17.5 Å². The average Bonchev–Trinajstić information content (AvgIpc) is 3.31. The van der Waals surface area contributed by atoms with Gasteiger partial charge in [-0.05, 0) is 24.0 Å². The minimum atomic E-state index is -0.372. The van der Waals surface area contributed by atoms with E-state index in [1.807, 2.05) is 24.3 Å². The van der Waals surface area contributed by atoms with Crippen LogP contribution < -0.4 is 0 Å². The summed E-state index contributed by atoms with van der Waals surface area (Å²) in [5.41, 5.74) is 3.64. The van der Waals surface area contributed by atoms with E-state index >= 15 is 0 Å². The molecule has 0 saturated carbocycles. The molecule has 0 amide bonds. The lowest BCUT2D eigenvalue weighted by atomic mass is 9.90. The molecule has 3 aromatic rings. The molecule has 5 rings (SSSR count). The van der Waals surface area contributed by atoms with Crippen LogP contribution in [0.5, 0.6) is 0 Å². The van der Waals surface area contributed by atoms with Crippen LogP contribution >= 0.6 is 0 Å². The summed E-state index contributed by atoms with van der Waals surface area (Å²) in [6, 6.07) is 14.3. The first-order chi connectivity index (χ1) is 14.5. The van der Waals surface area contributed by atoms with Crippen LogP contribution in [0, 0.1) is 10.1 Å². The number of benzene rings is 2. The van der Waals surface area contributed by atoms with Crippen LogP contribution in [-0.4, -0.2) is 26.0 Å². The Balaban J connectivity index is 1.62. The van der Waals surface area contributed by atoms with Crippen molar-refractivity contribution in [2.45, 2.75) is 19.3 Å². The molecular formula is C23H17N3O4. The Morgan fingerprint density at radius 3 is 2.33 bits per heavy atom. The number of ketones is 2. The van der Waals surface area contributed by atoms with Crippen LogP contribution in [0.2, 0.25) is 0 Å². The van der Waals surface area contributed by atoms with Crippen molar-refractivity contribution in [2.24, 2.45) is 7.05 Å². The molecule has 0 atom stereocenters. The van der Waals surface area contributed by atoms with E-state index < -0.39 is 0 Å². The fraction of sp³-hybridized carbons (Fsp3) is 0.174. The van der Waals surface area contributed by atoms with Crippen molar-refractivity contribution in [2.75, 3.05) is 0 Å². The van der Waals surface area contributed by atoms with Gasteiger partial charge >= 0.3 is 0 Å². The summed E-state index contributed by atoms with van der Waals surface area (Å²) in [4.78, 5) is 41.8. The molecule has 0 unspecified atom stereocenters. The van der Waals surface area contributed by atoms with Crippen molar-refractivity contribution < 1.29 is 14.5 Å². The highest BCUT2D eigenvalue weighted by atomic mass is 16.6. The first-order valence-corrected chi connectivity index (χ1v) is 9.66. The summed E-state index contributed by atoms with van der Waals surface area (Å²) in [6.07, 6.45) is 1.28. The SMILES string of the molecule is Cn1c(C/C(=C2\CCc3ccccc32)[N+](=O)[O-])nc2c1C(=O)c1ccccc1C2=O. The zero-order valence-corrected chi connectivity index (χ0v) is 16.2. The summed E-state index contributed by atoms with van der Waals surface area (Å²) >= 11 is 0. The largest absolute Gasteiger partial charge is 0.327 e. The lowest BCUT2D eigenvalue weighted by molar-refractivity contribution is -0.426. The van der Waals surface area contributed by atoms with Gasteiger partial charge in [-0.15, -0.1) is 0 Å². The second-order valence-electron chi connectivity index (χ2n) is 7.50. The van der Waals surface area contributed by atoms with Gasteiger partial charge in [0.2, 0.25) is 11.6 Å². The minimum absolute atomic E-state index is 0.0582. The van der Waals surface area contributed by atoms with Crippen molar-refractivity contribution in [1.29, 1.82) is 0 Å². The van der Waals surface area contributed by atoms with Crippen LogP contribution in [0.4, 0.5) is 0 Å². The molecule has 0 saturated heterocycles. The number of aryl methyl sites for hydroxylation is 1. The summed E-state index contributed by atoms with van der Waals surface area (Å²) in [5.74, 6) is -0.287. The number of carbonyl (C=O) groups is 2. The maximum absolute atomic E-state index is 13.0. The molecule has 7 heteroatoms. The maximum atomic E-state index is 13.0. The molecule has 2 aliphatic carbocycles. The third-order valence-electron chi connectivity index (χ3n) is 5.92. The minimum Gasteiger partial charge on any atom is -0.327 e. The molecule has 2 aliphatic rings. The number of fused-ring (bicyclic) bond motifs is 3. The van der Waals surface area contributed by atoms with Crippen LogP contribution in [0.1, 0.15) is 55.5 Å². The molecule has 1 heterocycles. The smallest absolute Gasteiger partial charge is 0.257 e. The molecule has 0 bridgehead atoms. The Labute approximate surface area is 171 Å². The first-order valence-electron chi connectivity index (χ1n) is 9.66. The van der Waals surface area contributed by atoms with Gasteiger partial charge in [-0.1, -0.05) is 48.5 Å². The number of nitrogens with zero attached hydrogens (tertiary/aromatic N) is 3. The van der Waals surface area contributed by atoms with E-state index in [1.54, 1.807) is 31.3 Å². The van der Waals surface area contributed by atoms with Gasteiger partial charge in [0, 0.05) is 23.7 Å². The Morgan fingerprint density at radius 1 is 1.00 bits per heavy atom. The summed E-state index contributed by atoms with van der Waals surface area (Å²) in [6.45, 7) is 0. The third-order valence-corrected chi connectivity index (χ3v) is 5.92. The first kappa shape index (κ1) is 18.2. The molecule has 0 radical (unpaired) electrons. The summed E-state index contributed by atoms with van der Waals surface area (Å²) < 4.78 is 1.52. The molecule has 0 aliphatic heterocycles. The molecule has 1 aromatic heterocycles. The van der Waals surface area contributed by atoms with E-state index in [0.29, 0.717) is 28.9 Å². The van der Waals surface area contributed by atoms with E-state index in [2.05, 4.69) is 4.98 Å². The van der Waals surface area contributed by atoms with E-state index in [1.165, 1.54) is 4.57 Å². The highest BCUT2D eigenvalue weighted by Gasteiger charge is 2.36. The Kier molecular flexibility index (Phi) is 3.99. The summed E-state index contributed by atoms with van der Waals surface area (Å²) in [7, 11) is 1.63. The zero-order chi connectivity index (χ0) is 21.0. The molecule has 30 heavy (non-hydrogen) atoms. The van der Waals surface area contributed by atoms with Crippen molar-refractivity contribution in [3.05, 3.63) is 104 Å².